The Morgan fingerprint density at radius 1 is 0.938 bits per heavy atom. The predicted octanol–water partition coefficient (Wildman–Crippen LogP) is 5.74. The van der Waals surface area contributed by atoms with Crippen molar-refractivity contribution >= 4 is 11.0 Å². The van der Waals surface area contributed by atoms with E-state index in [0.717, 1.165) is 51.7 Å². The molecule has 0 aliphatic carbocycles. The van der Waals surface area contributed by atoms with Gasteiger partial charge in [-0.2, -0.15) is 0 Å². The quantitative estimate of drug-likeness (QED) is 0.302. The molecule has 1 heterocycles. The third kappa shape index (κ3) is 4.78. The molecule has 0 amide bonds. The van der Waals surface area contributed by atoms with Crippen molar-refractivity contribution in [2.24, 2.45) is 0 Å². The predicted molar refractivity (Wildman–Crippen MR) is 128 cm³/mol. The van der Waals surface area contributed by atoms with Crippen molar-refractivity contribution in [2.75, 3.05) is 13.7 Å². The molecule has 0 aliphatic heterocycles. The molecular formula is C27H28N2O3. The van der Waals surface area contributed by atoms with Crippen LogP contribution in [0.15, 0.2) is 79.4 Å². The summed E-state index contributed by atoms with van der Waals surface area (Å²) in [7, 11) is 1.66. The third-order valence-corrected chi connectivity index (χ3v) is 5.36. The number of aromatic nitrogens is 2. The highest BCUT2D eigenvalue weighted by Gasteiger charge is 2.13. The van der Waals surface area contributed by atoms with Gasteiger partial charge in [-0.3, -0.25) is 0 Å². The molecule has 0 radical (unpaired) electrons. The van der Waals surface area contributed by atoms with Gasteiger partial charge in [0.2, 0.25) is 0 Å². The summed E-state index contributed by atoms with van der Waals surface area (Å²) >= 11 is 0. The Labute approximate surface area is 188 Å². The fourth-order valence-electron chi connectivity index (χ4n) is 3.72. The molecule has 0 saturated carbocycles. The monoisotopic (exact) mass is 428 g/mol. The lowest BCUT2D eigenvalue weighted by Gasteiger charge is -2.14. The zero-order valence-electron chi connectivity index (χ0n) is 18.6. The second-order valence-electron chi connectivity index (χ2n) is 7.55. The van der Waals surface area contributed by atoms with Gasteiger partial charge in [0.15, 0.2) is 11.5 Å². The zero-order chi connectivity index (χ0) is 22.3. The minimum atomic E-state index is 0.388. The number of para-hydroxylation sites is 3. The molecular weight excluding hydrogens is 400 g/mol. The van der Waals surface area contributed by atoms with E-state index in [2.05, 4.69) is 17.2 Å². The smallest absolute Gasteiger partial charge is 0.161 e. The van der Waals surface area contributed by atoms with Crippen molar-refractivity contribution in [1.29, 1.82) is 0 Å². The maximum Gasteiger partial charge on any atom is 0.161 e. The van der Waals surface area contributed by atoms with E-state index in [4.69, 9.17) is 19.2 Å². The number of fused-ring (bicyclic) bond motifs is 1. The Morgan fingerprint density at radius 3 is 2.56 bits per heavy atom. The maximum absolute atomic E-state index is 6.08. The molecule has 0 fully saturated rings. The molecule has 5 heteroatoms. The number of aryl methyl sites for hydroxylation is 1. The first-order valence-corrected chi connectivity index (χ1v) is 10.7. The number of ether oxygens (including phenoxy) is 3. The molecule has 0 N–H and O–H groups in total. The van der Waals surface area contributed by atoms with E-state index < -0.39 is 0 Å². The van der Waals surface area contributed by atoms with Crippen LogP contribution in [0.1, 0.15) is 17.0 Å². The lowest BCUT2D eigenvalue weighted by molar-refractivity contribution is 0.264. The van der Waals surface area contributed by atoms with Gasteiger partial charge in [0.25, 0.3) is 0 Å². The lowest BCUT2D eigenvalue weighted by atomic mass is 10.1. The first-order valence-electron chi connectivity index (χ1n) is 10.7. The highest BCUT2D eigenvalue weighted by molar-refractivity contribution is 5.75. The van der Waals surface area contributed by atoms with Gasteiger partial charge in [0.1, 0.15) is 24.8 Å². The molecule has 32 heavy (non-hydrogen) atoms. The van der Waals surface area contributed by atoms with Gasteiger partial charge in [-0.1, -0.05) is 42.5 Å². The molecule has 0 unspecified atom stereocenters. The average Bonchev–Trinajstić information content (AvgIpc) is 3.17. The largest absolute Gasteiger partial charge is 0.493 e. The van der Waals surface area contributed by atoms with Crippen LogP contribution in [-0.2, 0) is 19.6 Å². The fourth-order valence-corrected chi connectivity index (χ4v) is 3.72. The highest BCUT2D eigenvalue weighted by Crippen LogP contribution is 2.28. The molecule has 164 valence electrons. The number of nitrogens with zero attached hydrogens (tertiary/aromatic N) is 2. The van der Waals surface area contributed by atoms with Crippen LogP contribution in [0.2, 0.25) is 0 Å². The Balaban J connectivity index is 1.50. The Kier molecular flexibility index (Phi) is 6.75. The number of benzene rings is 3. The van der Waals surface area contributed by atoms with E-state index in [1.165, 1.54) is 0 Å². The molecule has 4 rings (SSSR count). The Hall–Kier alpha value is -3.73. The summed E-state index contributed by atoms with van der Waals surface area (Å²) in [6, 6.07) is 22.1. The van der Waals surface area contributed by atoms with Crippen LogP contribution in [0, 0.1) is 6.92 Å². The van der Waals surface area contributed by atoms with Gasteiger partial charge >= 0.3 is 0 Å². The molecule has 4 aromatic rings. The molecule has 5 nitrogen and oxygen atoms in total. The van der Waals surface area contributed by atoms with Crippen LogP contribution in [-0.4, -0.2) is 23.3 Å². The summed E-state index contributed by atoms with van der Waals surface area (Å²) < 4.78 is 19.8. The second-order valence-corrected chi connectivity index (χ2v) is 7.55. The van der Waals surface area contributed by atoms with E-state index in [1.54, 1.807) is 7.11 Å². The third-order valence-electron chi connectivity index (χ3n) is 5.36. The summed E-state index contributed by atoms with van der Waals surface area (Å²) in [5.74, 6) is 3.18. The van der Waals surface area contributed by atoms with Crippen LogP contribution in [0.5, 0.6) is 17.2 Å². The molecule has 0 aliphatic rings. The highest BCUT2D eigenvalue weighted by atomic mass is 16.5. The average molecular weight is 429 g/mol. The van der Waals surface area contributed by atoms with Crippen LogP contribution in [0.25, 0.3) is 11.0 Å². The number of methoxy groups -OCH3 is 1. The molecule has 0 bridgehead atoms. The number of imidazole rings is 1. The SMILES string of the molecule is C=CCc1ccc(OCCn2c(COc3ccccc3C)nc3ccccc32)c(OC)c1. The molecule has 1 aromatic heterocycles. The topological polar surface area (TPSA) is 45.5 Å². The zero-order valence-corrected chi connectivity index (χ0v) is 18.6. The van der Waals surface area contributed by atoms with Crippen molar-refractivity contribution in [2.45, 2.75) is 26.5 Å². The second kappa shape index (κ2) is 10.1. The van der Waals surface area contributed by atoms with Gasteiger partial charge in [-0.15, -0.1) is 6.58 Å². The summed E-state index contributed by atoms with van der Waals surface area (Å²) in [5.41, 5.74) is 4.25. The Morgan fingerprint density at radius 2 is 1.75 bits per heavy atom. The molecule has 0 spiro atoms. The first kappa shape index (κ1) is 21.5. The van der Waals surface area contributed by atoms with Crippen LogP contribution in [0.3, 0.4) is 0 Å². The summed E-state index contributed by atoms with van der Waals surface area (Å²) in [5, 5.41) is 0. The number of allylic oxidation sites excluding steroid dienone is 1. The number of hydrogen-bond donors (Lipinski definition) is 0. The van der Waals surface area contributed by atoms with Gasteiger partial charge in [0.05, 0.1) is 24.7 Å². The molecule has 0 saturated heterocycles. The lowest BCUT2D eigenvalue weighted by Crippen LogP contribution is -2.13. The minimum absolute atomic E-state index is 0.388. The summed E-state index contributed by atoms with van der Waals surface area (Å²) in [4.78, 5) is 4.80. The molecule has 0 atom stereocenters. The van der Waals surface area contributed by atoms with E-state index in [1.807, 2.05) is 73.7 Å². The summed E-state index contributed by atoms with van der Waals surface area (Å²) in [6.07, 6.45) is 2.67. The van der Waals surface area contributed by atoms with Gasteiger partial charge < -0.3 is 18.8 Å². The standard InChI is InChI=1S/C27H28N2O3/c1-4-9-21-14-15-25(26(18-21)30-3)31-17-16-29-23-12-7-6-11-22(23)28-27(29)19-32-24-13-8-5-10-20(24)2/h4-8,10-15,18H,1,9,16-17,19H2,2-3H3. The number of rotatable bonds is 10. The molecule has 3 aromatic carbocycles. The summed E-state index contributed by atoms with van der Waals surface area (Å²) in [6.45, 7) is 7.35. The van der Waals surface area contributed by atoms with Gasteiger partial charge in [-0.25, -0.2) is 4.98 Å². The fraction of sp³-hybridized carbons (Fsp3) is 0.222. The number of hydrogen-bond acceptors (Lipinski definition) is 4. The van der Waals surface area contributed by atoms with Crippen molar-refractivity contribution < 1.29 is 14.2 Å². The van der Waals surface area contributed by atoms with E-state index in [0.29, 0.717) is 19.8 Å². The van der Waals surface area contributed by atoms with Crippen LogP contribution >= 0.6 is 0 Å². The van der Waals surface area contributed by atoms with Gasteiger partial charge in [-0.05, 0) is 54.8 Å². The van der Waals surface area contributed by atoms with Crippen LogP contribution < -0.4 is 14.2 Å². The van der Waals surface area contributed by atoms with E-state index in [-0.39, 0.29) is 0 Å². The van der Waals surface area contributed by atoms with Crippen molar-refractivity contribution in [3.63, 3.8) is 0 Å². The normalized spacial score (nSPS) is 10.8. The first-order chi connectivity index (χ1) is 15.7. The van der Waals surface area contributed by atoms with E-state index >= 15 is 0 Å². The minimum Gasteiger partial charge on any atom is -0.493 e. The maximum atomic E-state index is 6.08. The van der Waals surface area contributed by atoms with Crippen molar-refractivity contribution in [1.82, 2.24) is 9.55 Å². The van der Waals surface area contributed by atoms with E-state index in [9.17, 15) is 0 Å². The van der Waals surface area contributed by atoms with Crippen molar-refractivity contribution in [3.8, 4) is 17.2 Å². The van der Waals surface area contributed by atoms with Crippen molar-refractivity contribution in [3.05, 3.63) is 96.3 Å². The van der Waals surface area contributed by atoms with Crippen LogP contribution in [0.4, 0.5) is 0 Å². The Bertz CT molecular complexity index is 1210. The van der Waals surface area contributed by atoms with Gasteiger partial charge in [0, 0.05) is 0 Å².